The van der Waals surface area contributed by atoms with Crippen LogP contribution in [0.25, 0.3) is 0 Å². The van der Waals surface area contributed by atoms with Crippen molar-refractivity contribution < 1.29 is 9.53 Å². The first-order valence-electron chi connectivity index (χ1n) is 6.68. The van der Waals surface area contributed by atoms with Crippen LogP contribution in [0.4, 0.5) is 0 Å². The second-order valence-corrected chi connectivity index (χ2v) is 6.67. The molecular formula is C16H23BrO2. The molecule has 0 saturated heterocycles. The molecule has 0 radical (unpaired) electrons. The third-order valence-corrected chi connectivity index (χ3v) is 4.30. The van der Waals surface area contributed by atoms with E-state index >= 15 is 0 Å². The van der Waals surface area contributed by atoms with E-state index in [0.29, 0.717) is 5.92 Å². The van der Waals surface area contributed by atoms with Crippen molar-refractivity contribution in [3.63, 3.8) is 0 Å². The van der Waals surface area contributed by atoms with Gasteiger partial charge in [-0.1, -0.05) is 41.1 Å². The van der Waals surface area contributed by atoms with Crippen molar-refractivity contribution in [3.05, 3.63) is 34.3 Å². The maximum absolute atomic E-state index is 11.6. The SMILES string of the molecule is COC(=O)C(C)(C)CCC(C)Cc1ccccc1Br. The van der Waals surface area contributed by atoms with Gasteiger partial charge < -0.3 is 4.74 Å². The fourth-order valence-corrected chi connectivity index (χ4v) is 2.57. The lowest BCUT2D eigenvalue weighted by molar-refractivity contribution is -0.151. The maximum atomic E-state index is 11.6. The first-order chi connectivity index (χ1) is 8.86. The topological polar surface area (TPSA) is 26.3 Å². The Morgan fingerprint density at radius 1 is 1.37 bits per heavy atom. The molecule has 0 aliphatic carbocycles. The first kappa shape index (κ1) is 16.2. The van der Waals surface area contributed by atoms with E-state index in [2.05, 4.69) is 41.1 Å². The summed E-state index contributed by atoms with van der Waals surface area (Å²) in [5, 5.41) is 0. The molecule has 1 rings (SSSR count). The van der Waals surface area contributed by atoms with Gasteiger partial charge in [-0.2, -0.15) is 0 Å². The number of rotatable bonds is 6. The number of halogens is 1. The summed E-state index contributed by atoms with van der Waals surface area (Å²) in [7, 11) is 1.45. The number of ether oxygens (including phenoxy) is 1. The van der Waals surface area contributed by atoms with Gasteiger partial charge in [-0.05, 0) is 50.7 Å². The predicted molar refractivity (Wildman–Crippen MR) is 82.0 cm³/mol. The number of esters is 1. The number of benzene rings is 1. The summed E-state index contributed by atoms with van der Waals surface area (Å²) in [5.41, 5.74) is 0.933. The van der Waals surface area contributed by atoms with Crippen molar-refractivity contribution in [2.24, 2.45) is 11.3 Å². The fraction of sp³-hybridized carbons (Fsp3) is 0.562. The zero-order valence-electron chi connectivity index (χ0n) is 12.2. The molecular weight excluding hydrogens is 304 g/mol. The minimum absolute atomic E-state index is 0.124. The fourth-order valence-electron chi connectivity index (χ4n) is 2.13. The molecule has 0 aliphatic rings. The summed E-state index contributed by atoms with van der Waals surface area (Å²) in [6, 6.07) is 8.30. The Kier molecular flexibility index (Phi) is 6.05. The summed E-state index contributed by atoms with van der Waals surface area (Å²) in [6.07, 6.45) is 2.90. The molecule has 0 heterocycles. The number of carbonyl (C=O) groups excluding carboxylic acids is 1. The van der Waals surface area contributed by atoms with Crippen LogP contribution in [0.1, 0.15) is 39.2 Å². The van der Waals surface area contributed by atoms with Gasteiger partial charge in [-0.25, -0.2) is 0 Å². The van der Waals surface area contributed by atoms with Gasteiger partial charge in [0.25, 0.3) is 0 Å². The average Bonchev–Trinajstić information content (AvgIpc) is 2.38. The second kappa shape index (κ2) is 7.09. The van der Waals surface area contributed by atoms with Crippen molar-refractivity contribution in [3.8, 4) is 0 Å². The minimum atomic E-state index is -0.392. The second-order valence-electron chi connectivity index (χ2n) is 5.81. The van der Waals surface area contributed by atoms with Crippen molar-refractivity contribution in [1.29, 1.82) is 0 Å². The summed E-state index contributed by atoms with van der Waals surface area (Å²) in [4.78, 5) is 11.6. The Bertz CT molecular complexity index is 427. The largest absolute Gasteiger partial charge is 0.469 e. The average molecular weight is 327 g/mol. The van der Waals surface area contributed by atoms with Crippen molar-refractivity contribution in [2.45, 2.75) is 40.0 Å². The number of hydrogen-bond acceptors (Lipinski definition) is 2. The molecule has 0 saturated carbocycles. The van der Waals surface area contributed by atoms with E-state index in [9.17, 15) is 4.79 Å². The molecule has 0 N–H and O–H groups in total. The zero-order valence-corrected chi connectivity index (χ0v) is 13.8. The third-order valence-electron chi connectivity index (χ3n) is 3.53. The normalized spacial score (nSPS) is 13.1. The number of methoxy groups -OCH3 is 1. The summed E-state index contributed by atoms with van der Waals surface area (Å²) < 4.78 is 6.00. The van der Waals surface area contributed by atoms with Crippen molar-refractivity contribution >= 4 is 21.9 Å². The van der Waals surface area contributed by atoms with Gasteiger partial charge in [-0.15, -0.1) is 0 Å². The predicted octanol–water partition coefficient (Wildman–Crippen LogP) is 4.61. The maximum Gasteiger partial charge on any atom is 0.311 e. The molecule has 0 spiro atoms. The van der Waals surface area contributed by atoms with Gasteiger partial charge in [0.05, 0.1) is 12.5 Å². The van der Waals surface area contributed by atoms with Crippen LogP contribution in [0.15, 0.2) is 28.7 Å². The van der Waals surface area contributed by atoms with E-state index in [4.69, 9.17) is 4.74 Å². The molecule has 1 aromatic rings. The summed E-state index contributed by atoms with van der Waals surface area (Å²) in [6.45, 7) is 6.13. The molecule has 2 nitrogen and oxygen atoms in total. The van der Waals surface area contributed by atoms with E-state index in [-0.39, 0.29) is 5.97 Å². The van der Waals surface area contributed by atoms with E-state index in [1.54, 1.807) is 0 Å². The third kappa shape index (κ3) is 4.98. The van der Waals surface area contributed by atoms with Crippen LogP contribution in [0.2, 0.25) is 0 Å². The molecule has 19 heavy (non-hydrogen) atoms. The van der Waals surface area contributed by atoms with E-state index in [1.165, 1.54) is 12.7 Å². The molecule has 0 aromatic heterocycles. The van der Waals surface area contributed by atoms with E-state index < -0.39 is 5.41 Å². The van der Waals surface area contributed by atoms with Gasteiger partial charge in [-0.3, -0.25) is 4.79 Å². The van der Waals surface area contributed by atoms with Gasteiger partial charge in [0.15, 0.2) is 0 Å². The number of hydrogen-bond donors (Lipinski definition) is 0. The molecule has 1 unspecified atom stereocenters. The van der Waals surface area contributed by atoms with Gasteiger partial charge >= 0.3 is 5.97 Å². The van der Waals surface area contributed by atoms with Gasteiger partial charge in [0.1, 0.15) is 0 Å². The zero-order chi connectivity index (χ0) is 14.5. The highest BCUT2D eigenvalue weighted by Crippen LogP contribution is 2.28. The van der Waals surface area contributed by atoms with Crippen molar-refractivity contribution in [1.82, 2.24) is 0 Å². The van der Waals surface area contributed by atoms with Crippen LogP contribution in [-0.2, 0) is 16.0 Å². The standard InChI is InChI=1S/C16H23BrO2/c1-12(9-10-16(2,3)15(18)19-4)11-13-7-5-6-8-14(13)17/h5-8,12H,9-11H2,1-4H3. The van der Waals surface area contributed by atoms with E-state index in [0.717, 1.165) is 23.7 Å². The molecule has 3 heteroatoms. The highest BCUT2D eigenvalue weighted by atomic mass is 79.9. The highest BCUT2D eigenvalue weighted by molar-refractivity contribution is 9.10. The van der Waals surface area contributed by atoms with Crippen LogP contribution < -0.4 is 0 Å². The van der Waals surface area contributed by atoms with Crippen LogP contribution in [-0.4, -0.2) is 13.1 Å². The molecule has 1 atom stereocenters. The first-order valence-corrected chi connectivity index (χ1v) is 7.48. The minimum Gasteiger partial charge on any atom is -0.469 e. The Hall–Kier alpha value is -0.830. The van der Waals surface area contributed by atoms with Gasteiger partial charge in [0, 0.05) is 4.47 Å². The van der Waals surface area contributed by atoms with Crippen molar-refractivity contribution in [2.75, 3.05) is 7.11 Å². The Morgan fingerprint density at radius 2 is 2.00 bits per heavy atom. The van der Waals surface area contributed by atoms with Gasteiger partial charge in [0.2, 0.25) is 0 Å². The molecule has 0 amide bonds. The summed E-state index contributed by atoms with van der Waals surface area (Å²) in [5.74, 6) is 0.420. The number of carbonyl (C=O) groups is 1. The lowest BCUT2D eigenvalue weighted by Gasteiger charge is -2.23. The lowest BCUT2D eigenvalue weighted by atomic mass is 9.83. The van der Waals surface area contributed by atoms with Crippen LogP contribution in [0.5, 0.6) is 0 Å². The van der Waals surface area contributed by atoms with E-state index in [1.807, 2.05) is 19.9 Å². The molecule has 106 valence electrons. The lowest BCUT2D eigenvalue weighted by Crippen LogP contribution is -2.26. The monoisotopic (exact) mass is 326 g/mol. The molecule has 0 bridgehead atoms. The molecule has 1 aromatic carbocycles. The highest BCUT2D eigenvalue weighted by Gasteiger charge is 2.28. The smallest absolute Gasteiger partial charge is 0.311 e. The Labute approximate surface area is 124 Å². The van der Waals surface area contributed by atoms with Crippen LogP contribution in [0.3, 0.4) is 0 Å². The quantitative estimate of drug-likeness (QED) is 0.714. The van der Waals surface area contributed by atoms with Crippen LogP contribution in [0, 0.1) is 11.3 Å². The summed E-state index contributed by atoms with van der Waals surface area (Å²) >= 11 is 3.58. The Balaban J connectivity index is 2.51. The molecule has 0 fully saturated rings. The Morgan fingerprint density at radius 3 is 2.58 bits per heavy atom. The molecule has 0 aliphatic heterocycles. The van der Waals surface area contributed by atoms with Crippen LogP contribution >= 0.6 is 15.9 Å².